The van der Waals surface area contributed by atoms with Crippen molar-refractivity contribution in [3.05, 3.63) is 24.3 Å². The predicted molar refractivity (Wildman–Crippen MR) is 34.9 cm³/mol. The molecule has 0 aromatic heterocycles. The maximum atomic E-state index is 9.05. The fourth-order valence-electron chi connectivity index (χ4n) is 0.833. The summed E-state index contributed by atoms with van der Waals surface area (Å²) in [5.41, 5.74) is 0.591. The lowest BCUT2D eigenvalue weighted by Gasteiger charge is -2.20. The molecule has 2 atom stereocenters. The van der Waals surface area contributed by atoms with E-state index in [1.807, 2.05) is 0 Å². The van der Waals surface area contributed by atoms with Crippen LogP contribution in [-0.2, 0) is 0 Å². The van der Waals surface area contributed by atoms with E-state index in [9.17, 15) is 0 Å². The molecule has 0 aromatic rings. The van der Waals surface area contributed by atoms with Crippen molar-refractivity contribution in [2.24, 2.45) is 0 Å². The molecule has 0 aromatic carbocycles. The number of hydrogen-bond donors (Lipinski definition) is 2. The molecule has 0 radical (unpaired) electrons. The topological polar surface area (TPSA) is 40.5 Å². The van der Waals surface area contributed by atoms with Crippen molar-refractivity contribution in [1.29, 1.82) is 0 Å². The first-order valence-corrected chi connectivity index (χ1v) is 2.93. The lowest BCUT2D eigenvalue weighted by molar-refractivity contribution is 0.0431. The highest BCUT2D eigenvalue weighted by Gasteiger charge is 2.19. The van der Waals surface area contributed by atoms with E-state index in [-0.39, 0.29) is 0 Å². The van der Waals surface area contributed by atoms with Crippen LogP contribution in [0, 0.1) is 0 Å². The second-order valence-corrected chi connectivity index (χ2v) is 2.23. The van der Waals surface area contributed by atoms with E-state index in [2.05, 4.69) is 6.58 Å². The Bertz CT molecular complexity index is 149. The van der Waals surface area contributed by atoms with Gasteiger partial charge in [-0.1, -0.05) is 18.7 Å². The smallest absolute Gasteiger partial charge is 0.105 e. The first-order chi connectivity index (χ1) is 4.22. The molecule has 0 fully saturated rings. The summed E-state index contributed by atoms with van der Waals surface area (Å²) < 4.78 is 0. The first-order valence-electron chi connectivity index (χ1n) is 2.93. The Balaban J connectivity index is 2.69. The maximum Gasteiger partial charge on any atom is 0.105 e. The minimum Gasteiger partial charge on any atom is -0.390 e. The van der Waals surface area contributed by atoms with Crippen molar-refractivity contribution in [2.75, 3.05) is 0 Å². The average Bonchev–Trinajstić information content (AvgIpc) is 1.83. The van der Waals surface area contributed by atoms with Gasteiger partial charge in [0.15, 0.2) is 0 Å². The zero-order valence-electron chi connectivity index (χ0n) is 5.12. The monoisotopic (exact) mass is 126 g/mol. The van der Waals surface area contributed by atoms with E-state index in [1.54, 1.807) is 12.2 Å². The van der Waals surface area contributed by atoms with Gasteiger partial charge in [0.2, 0.25) is 0 Å². The molecule has 0 saturated carbocycles. The zero-order chi connectivity index (χ0) is 6.85. The highest BCUT2D eigenvalue weighted by atomic mass is 16.3. The predicted octanol–water partition coefficient (Wildman–Crippen LogP) is 0.224. The van der Waals surface area contributed by atoms with E-state index in [4.69, 9.17) is 10.2 Å². The van der Waals surface area contributed by atoms with Crippen molar-refractivity contribution >= 4 is 0 Å². The van der Waals surface area contributed by atoms with E-state index in [1.165, 1.54) is 0 Å². The van der Waals surface area contributed by atoms with Crippen molar-refractivity contribution < 1.29 is 10.2 Å². The van der Waals surface area contributed by atoms with Gasteiger partial charge in [-0.25, -0.2) is 0 Å². The van der Waals surface area contributed by atoms with Crippen LogP contribution in [0.1, 0.15) is 6.42 Å². The van der Waals surface area contributed by atoms with Crippen LogP contribution in [0.25, 0.3) is 0 Å². The van der Waals surface area contributed by atoms with Crippen molar-refractivity contribution in [2.45, 2.75) is 18.6 Å². The molecule has 1 rings (SSSR count). The molecule has 0 amide bonds. The quantitative estimate of drug-likeness (QED) is 0.487. The van der Waals surface area contributed by atoms with Gasteiger partial charge in [-0.3, -0.25) is 0 Å². The molecule has 2 N–H and O–H groups in total. The Morgan fingerprint density at radius 3 is 2.67 bits per heavy atom. The number of aliphatic hydroxyl groups is 2. The van der Waals surface area contributed by atoms with Crippen LogP contribution < -0.4 is 0 Å². The first kappa shape index (κ1) is 6.52. The Morgan fingerprint density at radius 1 is 1.56 bits per heavy atom. The third kappa shape index (κ3) is 1.20. The van der Waals surface area contributed by atoms with Crippen LogP contribution in [0.3, 0.4) is 0 Å². The summed E-state index contributed by atoms with van der Waals surface area (Å²) in [5, 5.41) is 18.0. The van der Waals surface area contributed by atoms with Crippen LogP contribution in [0.4, 0.5) is 0 Å². The van der Waals surface area contributed by atoms with Crippen LogP contribution in [-0.4, -0.2) is 22.4 Å². The van der Waals surface area contributed by atoms with E-state index >= 15 is 0 Å². The van der Waals surface area contributed by atoms with Gasteiger partial charge in [0.1, 0.15) is 6.10 Å². The summed E-state index contributed by atoms with van der Waals surface area (Å²) in [6, 6.07) is 0. The van der Waals surface area contributed by atoms with Crippen LogP contribution in [0.15, 0.2) is 24.3 Å². The highest BCUT2D eigenvalue weighted by Crippen LogP contribution is 2.15. The molecule has 50 valence electrons. The lowest BCUT2D eigenvalue weighted by atomic mass is 9.98. The van der Waals surface area contributed by atoms with Crippen molar-refractivity contribution in [3.8, 4) is 0 Å². The van der Waals surface area contributed by atoms with E-state index < -0.39 is 12.2 Å². The fraction of sp³-hybridized carbons (Fsp3) is 0.429. The molecule has 0 aliphatic heterocycles. The minimum atomic E-state index is -0.755. The summed E-state index contributed by atoms with van der Waals surface area (Å²) in [6.07, 6.45) is 2.66. The molecular formula is C7H10O2. The van der Waals surface area contributed by atoms with Crippen LogP contribution in [0.5, 0.6) is 0 Å². The molecule has 9 heavy (non-hydrogen) atoms. The average molecular weight is 126 g/mol. The third-order valence-corrected chi connectivity index (χ3v) is 1.45. The fourth-order valence-corrected chi connectivity index (χ4v) is 0.833. The molecule has 0 bridgehead atoms. The lowest BCUT2D eigenvalue weighted by Crippen LogP contribution is -2.28. The highest BCUT2D eigenvalue weighted by molar-refractivity contribution is 5.24. The van der Waals surface area contributed by atoms with E-state index in [0.29, 0.717) is 12.0 Å². The standard InChI is InChI=1S/C7H10O2/c1-5-3-2-4-6(8)7(5)9/h2-3,6-9H,1,4H2. The van der Waals surface area contributed by atoms with Gasteiger partial charge in [-0.15, -0.1) is 0 Å². The Labute approximate surface area is 54.1 Å². The second kappa shape index (κ2) is 2.33. The van der Waals surface area contributed by atoms with Crippen molar-refractivity contribution in [3.63, 3.8) is 0 Å². The zero-order valence-corrected chi connectivity index (χ0v) is 5.12. The molecule has 1 aliphatic rings. The van der Waals surface area contributed by atoms with Gasteiger partial charge >= 0.3 is 0 Å². The summed E-state index contributed by atoms with van der Waals surface area (Å²) in [4.78, 5) is 0. The number of hydrogen-bond acceptors (Lipinski definition) is 2. The second-order valence-electron chi connectivity index (χ2n) is 2.23. The molecule has 2 nitrogen and oxygen atoms in total. The molecule has 1 aliphatic carbocycles. The van der Waals surface area contributed by atoms with Crippen LogP contribution in [0.2, 0.25) is 0 Å². The van der Waals surface area contributed by atoms with Gasteiger partial charge in [0.25, 0.3) is 0 Å². The van der Waals surface area contributed by atoms with E-state index in [0.717, 1.165) is 0 Å². The molecule has 0 saturated heterocycles. The molecule has 2 unspecified atom stereocenters. The van der Waals surface area contributed by atoms with Gasteiger partial charge in [0, 0.05) is 0 Å². The Kier molecular flexibility index (Phi) is 1.69. The van der Waals surface area contributed by atoms with Crippen LogP contribution >= 0.6 is 0 Å². The largest absolute Gasteiger partial charge is 0.390 e. The maximum absolute atomic E-state index is 9.05. The summed E-state index contributed by atoms with van der Waals surface area (Å²) in [7, 11) is 0. The molecule has 0 heterocycles. The van der Waals surface area contributed by atoms with Crippen molar-refractivity contribution in [1.82, 2.24) is 0 Å². The van der Waals surface area contributed by atoms with Gasteiger partial charge in [-0.05, 0) is 12.0 Å². The molecule has 2 heteroatoms. The number of aliphatic hydroxyl groups excluding tert-OH is 2. The van der Waals surface area contributed by atoms with Gasteiger partial charge in [-0.2, -0.15) is 0 Å². The third-order valence-electron chi connectivity index (χ3n) is 1.45. The van der Waals surface area contributed by atoms with Gasteiger partial charge in [0.05, 0.1) is 6.10 Å². The molecule has 0 spiro atoms. The molecular weight excluding hydrogens is 116 g/mol. The minimum absolute atomic E-state index is 0.528. The SMILES string of the molecule is C=C1C=CCC(O)C1O. The summed E-state index contributed by atoms with van der Waals surface area (Å²) >= 11 is 0. The normalized spacial score (nSPS) is 35.1. The summed E-state index contributed by atoms with van der Waals surface area (Å²) in [5.74, 6) is 0. The number of rotatable bonds is 0. The van der Waals surface area contributed by atoms with Gasteiger partial charge < -0.3 is 10.2 Å². The Hall–Kier alpha value is -0.600. The summed E-state index contributed by atoms with van der Waals surface area (Å²) in [6.45, 7) is 3.55. The Morgan fingerprint density at radius 2 is 2.22 bits per heavy atom.